The number of carbonyl (C=O) groups is 1. The van der Waals surface area contributed by atoms with Crippen LogP contribution in [0.15, 0.2) is 28.8 Å². The predicted octanol–water partition coefficient (Wildman–Crippen LogP) is 1.69. The van der Waals surface area contributed by atoms with Crippen molar-refractivity contribution in [3.05, 3.63) is 30.2 Å². The van der Waals surface area contributed by atoms with E-state index in [2.05, 4.69) is 4.99 Å². The number of hydrogen-bond acceptors (Lipinski definition) is 1. The van der Waals surface area contributed by atoms with Gasteiger partial charge in [-0.25, -0.2) is 0 Å². The second-order valence-corrected chi connectivity index (χ2v) is 2.47. The molecule has 0 N–H and O–H groups in total. The molecule has 2 heteroatoms. The zero-order valence-corrected chi connectivity index (χ0v) is 6.66. The summed E-state index contributed by atoms with van der Waals surface area (Å²) in [6.45, 7) is 3.44. The zero-order valence-electron chi connectivity index (χ0n) is 6.66. The lowest BCUT2D eigenvalue weighted by molar-refractivity contribution is -0.115. The molecule has 56 valence electrons. The summed E-state index contributed by atoms with van der Waals surface area (Å²) in [5.41, 5.74) is 1.90. The van der Waals surface area contributed by atoms with Gasteiger partial charge in [0.25, 0.3) is 0 Å². The van der Waals surface area contributed by atoms with E-state index in [0.717, 1.165) is 5.71 Å². The number of aliphatic imine (C=N–C) groups is 1. The second kappa shape index (κ2) is 3.19. The van der Waals surface area contributed by atoms with Crippen LogP contribution < -0.4 is 0 Å². The highest BCUT2D eigenvalue weighted by molar-refractivity contribution is 6.09. The molecule has 1 aliphatic rings. The van der Waals surface area contributed by atoms with Crippen molar-refractivity contribution in [2.24, 2.45) is 4.99 Å². The largest absolute Gasteiger partial charge is 0.273 e. The summed E-state index contributed by atoms with van der Waals surface area (Å²) in [7, 11) is 0. The summed E-state index contributed by atoms with van der Waals surface area (Å²) in [6, 6.07) is 0. The SMILES string of the molecule is CC(=O)N=C1C=CC(C)=C[CH+]1. The zero-order chi connectivity index (χ0) is 8.27. The number of amides is 1. The van der Waals surface area contributed by atoms with Crippen LogP contribution in [-0.4, -0.2) is 11.6 Å². The van der Waals surface area contributed by atoms with Gasteiger partial charge in [0, 0.05) is 19.4 Å². The van der Waals surface area contributed by atoms with Crippen molar-refractivity contribution in [1.29, 1.82) is 0 Å². The van der Waals surface area contributed by atoms with Crippen molar-refractivity contribution in [2.75, 3.05) is 0 Å². The van der Waals surface area contributed by atoms with E-state index in [1.165, 1.54) is 12.5 Å². The third kappa shape index (κ3) is 2.42. The van der Waals surface area contributed by atoms with Gasteiger partial charge in [-0.15, -0.1) is 0 Å². The van der Waals surface area contributed by atoms with Gasteiger partial charge in [-0.2, -0.15) is 4.99 Å². The Kier molecular flexibility index (Phi) is 2.26. The van der Waals surface area contributed by atoms with Crippen LogP contribution in [0, 0.1) is 6.42 Å². The molecule has 11 heavy (non-hydrogen) atoms. The summed E-state index contributed by atoms with van der Waals surface area (Å²) in [6.07, 6.45) is 7.52. The maximum atomic E-state index is 10.5. The molecule has 0 radical (unpaired) electrons. The molecule has 0 aliphatic heterocycles. The third-order valence-electron chi connectivity index (χ3n) is 1.32. The summed E-state index contributed by atoms with van der Waals surface area (Å²) in [5, 5.41) is 0. The van der Waals surface area contributed by atoms with Crippen LogP contribution in [0.5, 0.6) is 0 Å². The first-order chi connectivity index (χ1) is 5.18. The number of hydrogen-bond donors (Lipinski definition) is 0. The average molecular weight is 148 g/mol. The van der Waals surface area contributed by atoms with Crippen LogP contribution in [0.25, 0.3) is 0 Å². The van der Waals surface area contributed by atoms with Crippen LogP contribution >= 0.6 is 0 Å². The van der Waals surface area contributed by atoms with Gasteiger partial charge in [-0.1, -0.05) is 0 Å². The minimum Gasteiger partial charge on any atom is -0.273 e. The van der Waals surface area contributed by atoms with Crippen molar-refractivity contribution in [1.82, 2.24) is 0 Å². The van der Waals surface area contributed by atoms with Gasteiger partial charge in [-0.05, 0) is 0 Å². The van der Waals surface area contributed by atoms with Gasteiger partial charge < -0.3 is 0 Å². The fourth-order valence-electron chi connectivity index (χ4n) is 0.801. The van der Waals surface area contributed by atoms with E-state index in [9.17, 15) is 4.79 Å². The Morgan fingerprint density at radius 2 is 2.27 bits per heavy atom. The first-order valence-electron chi connectivity index (χ1n) is 3.47. The molecule has 2 nitrogen and oxygen atoms in total. The number of carbonyl (C=O) groups excluding carboxylic acids is 1. The molecule has 1 amide bonds. The molecule has 0 fully saturated rings. The highest BCUT2D eigenvalue weighted by atomic mass is 16.1. The normalized spacial score (nSPS) is 19.5. The van der Waals surface area contributed by atoms with E-state index in [4.69, 9.17) is 0 Å². The quantitative estimate of drug-likeness (QED) is 0.481. The van der Waals surface area contributed by atoms with Gasteiger partial charge >= 0.3 is 0 Å². The van der Waals surface area contributed by atoms with Gasteiger partial charge in [0.15, 0.2) is 5.71 Å². The Bertz CT molecular complexity index is 259. The Labute approximate surface area is 66.3 Å². The molecule has 0 saturated carbocycles. The molecule has 0 spiro atoms. The Morgan fingerprint density at radius 3 is 2.73 bits per heavy atom. The Hall–Kier alpha value is -1.31. The van der Waals surface area contributed by atoms with Crippen LogP contribution in [0.1, 0.15) is 13.8 Å². The smallest absolute Gasteiger partial charge is 0.245 e. The lowest BCUT2D eigenvalue weighted by Gasteiger charge is -1.93. The van der Waals surface area contributed by atoms with Gasteiger partial charge in [-0.3, -0.25) is 4.79 Å². The number of nitrogens with zero attached hydrogens (tertiary/aromatic N) is 1. The topological polar surface area (TPSA) is 29.4 Å². The Balaban J connectivity index is 2.70. The van der Waals surface area contributed by atoms with E-state index < -0.39 is 0 Å². The molecule has 1 rings (SSSR count). The summed E-state index contributed by atoms with van der Waals surface area (Å²) in [5.74, 6) is -0.158. The molecule has 1 aliphatic carbocycles. The minimum atomic E-state index is -0.158. The molecule has 0 atom stereocenters. The third-order valence-corrected chi connectivity index (χ3v) is 1.32. The monoisotopic (exact) mass is 148 g/mol. The summed E-state index contributed by atoms with van der Waals surface area (Å²) < 4.78 is 0. The highest BCUT2D eigenvalue weighted by Gasteiger charge is 2.07. The first-order valence-corrected chi connectivity index (χ1v) is 3.47. The maximum absolute atomic E-state index is 10.5. The first kappa shape index (κ1) is 7.79. The van der Waals surface area contributed by atoms with E-state index in [-0.39, 0.29) is 5.91 Å². The van der Waals surface area contributed by atoms with Crippen molar-refractivity contribution in [3.63, 3.8) is 0 Å². The van der Waals surface area contributed by atoms with Gasteiger partial charge in [0.2, 0.25) is 5.91 Å². The summed E-state index contributed by atoms with van der Waals surface area (Å²) >= 11 is 0. The van der Waals surface area contributed by atoms with Crippen LogP contribution in [0.4, 0.5) is 0 Å². The van der Waals surface area contributed by atoms with Crippen molar-refractivity contribution in [3.8, 4) is 0 Å². The standard InChI is InChI=1S/C9H10NO/c1-7-3-5-9(6-4-7)10-8(2)11/h3-6H,1-2H3/q+1. The van der Waals surface area contributed by atoms with Crippen molar-refractivity contribution >= 4 is 11.6 Å². The fourth-order valence-corrected chi connectivity index (χ4v) is 0.801. The van der Waals surface area contributed by atoms with Crippen molar-refractivity contribution < 1.29 is 4.79 Å². The lowest BCUT2D eigenvalue weighted by atomic mass is 10.1. The molecule has 0 bridgehead atoms. The van der Waals surface area contributed by atoms with E-state index in [0.29, 0.717) is 0 Å². The van der Waals surface area contributed by atoms with E-state index >= 15 is 0 Å². The fraction of sp³-hybridized carbons (Fsp3) is 0.222. The number of allylic oxidation sites excluding steroid dienone is 4. The van der Waals surface area contributed by atoms with E-state index in [1.807, 2.05) is 31.6 Å². The number of rotatable bonds is 0. The molecule has 0 aromatic carbocycles. The molecule has 0 saturated heterocycles. The van der Waals surface area contributed by atoms with Gasteiger partial charge in [0.05, 0.1) is 24.6 Å². The van der Waals surface area contributed by atoms with Crippen LogP contribution in [-0.2, 0) is 4.79 Å². The Morgan fingerprint density at radius 1 is 1.55 bits per heavy atom. The van der Waals surface area contributed by atoms with Crippen LogP contribution in [0.3, 0.4) is 0 Å². The highest BCUT2D eigenvalue weighted by Crippen LogP contribution is 2.05. The minimum absolute atomic E-state index is 0.158. The molecule has 0 aromatic rings. The van der Waals surface area contributed by atoms with Gasteiger partial charge in [0.1, 0.15) is 0 Å². The van der Waals surface area contributed by atoms with Crippen molar-refractivity contribution in [2.45, 2.75) is 13.8 Å². The van der Waals surface area contributed by atoms with Crippen LogP contribution in [0.2, 0.25) is 0 Å². The molecule has 0 heterocycles. The molecular formula is C9H10NO+. The molecule has 0 aromatic heterocycles. The maximum Gasteiger partial charge on any atom is 0.245 e. The average Bonchev–Trinajstić information content (AvgIpc) is 1.93. The second-order valence-electron chi connectivity index (χ2n) is 2.47. The predicted molar refractivity (Wildman–Crippen MR) is 45.3 cm³/mol. The molecule has 0 unspecified atom stereocenters. The summed E-state index contributed by atoms with van der Waals surface area (Å²) in [4.78, 5) is 14.3. The molecular weight excluding hydrogens is 138 g/mol. The lowest BCUT2D eigenvalue weighted by Crippen LogP contribution is -2.00. The van der Waals surface area contributed by atoms with E-state index in [1.54, 1.807) is 0 Å².